The van der Waals surface area contributed by atoms with Crippen molar-refractivity contribution in [3.05, 3.63) is 29.3 Å². The van der Waals surface area contributed by atoms with Gasteiger partial charge in [-0.3, -0.25) is 19.3 Å². The van der Waals surface area contributed by atoms with E-state index in [0.29, 0.717) is 18.5 Å². The minimum Gasteiger partial charge on any atom is -0.454 e. The first-order valence-corrected chi connectivity index (χ1v) is 11.2. The molecule has 9 nitrogen and oxygen atoms in total. The second-order valence-electron chi connectivity index (χ2n) is 8.79. The van der Waals surface area contributed by atoms with Crippen molar-refractivity contribution in [1.29, 1.82) is 5.26 Å². The molecule has 0 atom stereocenters. The van der Waals surface area contributed by atoms with Gasteiger partial charge in [-0.25, -0.2) is 4.79 Å². The van der Waals surface area contributed by atoms with Crippen LogP contribution >= 0.6 is 0 Å². The molecule has 2 fully saturated rings. The van der Waals surface area contributed by atoms with Gasteiger partial charge in [-0.15, -0.1) is 0 Å². The molecule has 0 bridgehead atoms. The molecule has 1 heterocycles. The van der Waals surface area contributed by atoms with Crippen LogP contribution in [0.3, 0.4) is 0 Å². The topological polar surface area (TPSA) is 111 Å². The van der Waals surface area contributed by atoms with Crippen molar-refractivity contribution in [2.45, 2.75) is 57.9 Å². The van der Waals surface area contributed by atoms with Gasteiger partial charge in [-0.2, -0.15) is 5.26 Å². The van der Waals surface area contributed by atoms with Gasteiger partial charge in [0.1, 0.15) is 12.1 Å². The molecular weight excluding hydrogens is 424 g/mol. The van der Waals surface area contributed by atoms with Gasteiger partial charge in [0, 0.05) is 19.3 Å². The fourth-order valence-electron chi connectivity index (χ4n) is 4.73. The van der Waals surface area contributed by atoms with Crippen LogP contribution in [0.15, 0.2) is 18.2 Å². The Hall–Kier alpha value is -3.41. The predicted octanol–water partition coefficient (Wildman–Crippen LogP) is 2.69. The predicted molar refractivity (Wildman–Crippen MR) is 120 cm³/mol. The fourth-order valence-corrected chi connectivity index (χ4v) is 4.73. The Morgan fingerprint density at radius 2 is 1.76 bits per heavy atom. The summed E-state index contributed by atoms with van der Waals surface area (Å²) in [6.45, 7) is 2.90. The number of anilines is 1. The maximum absolute atomic E-state index is 13.0. The molecule has 1 saturated heterocycles. The van der Waals surface area contributed by atoms with Crippen molar-refractivity contribution in [2.24, 2.45) is 0 Å². The number of hydrogen-bond donors (Lipinski definition) is 0. The highest BCUT2D eigenvalue weighted by Gasteiger charge is 2.56. The van der Waals surface area contributed by atoms with Gasteiger partial charge in [0.05, 0.1) is 12.5 Å². The molecule has 1 aliphatic carbocycles. The standard InChI is InChI=1S/C24H30N4O5/c1-17-12-18(2)14-19(13-17)27(11-7-10-25)20(29)16-33-21(30)15-28-22(31)24(26(3)23(28)32)8-5-4-6-9-24/h12-14H,4-9,11,15-16H2,1-3H3. The van der Waals surface area contributed by atoms with Gasteiger partial charge in [-0.05, 0) is 49.9 Å². The molecule has 9 heteroatoms. The first kappa shape index (κ1) is 24.2. The van der Waals surface area contributed by atoms with Crippen molar-refractivity contribution in [3.8, 4) is 6.07 Å². The average molecular weight is 455 g/mol. The lowest BCUT2D eigenvalue weighted by molar-refractivity contribution is -0.150. The van der Waals surface area contributed by atoms with Gasteiger partial charge in [-0.1, -0.05) is 25.3 Å². The number of hydrogen-bond acceptors (Lipinski definition) is 6. The number of urea groups is 1. The molecule has 3 rings (SSSR count). The lowest BCUT2D eigenvalue weighted by Gasteiger charge is -2.35. The quantitative estimate of drug-likeness (QED) is 0.463. The summed E-state index contributed by atoms with van der Waals surface area (Å²) >= 11 is 0. The minimum absolute atomic E-state index is 0.123. The van der Waals surface area contributed by atoms with E-state index in [1.807, 2.05) is 38.1 Å². The number of nitriles is 1. The smallest absolute Gasteiger partial charge is 0.327 e. The molecule has 1 saturated carbocycles. The Balaban J connectivity index is 1.64. The summed E-state index contributed by atoms with van der Waals surface area (Å²) in [5.74, 6) is -1.68. The highest BCUT2D eigenvalue weighted by molar-refractivity contribution is 6.08. The molecule has 0 N–H and O–H groups in total. The Morgan fingerprint density at radius 3 is 2.36 bits per heavy atom. The second kappa shape index (κ2) is 10.0. The van der Waals surface area contributed by atoms with Gasteiger partial charge >= 0.3 is 12.0 Å². The SMILES string of the molecule is Cc1cc(C)cc(N(CCC#N)C(=O)COC(=O)CN2C(=O)N(C)C3(CCCCC3)C2=O)c1. The van der Waals surface area contributed by atoms with Crippen molar-refractivity contribution < 1.29 is 23.9 Å². The minimum atomic E-state index is -0.872. The van der Waals surface area contributed by atoms with Crippen LogP contribution in [0.25, 0.3) is 0 Å². The number of ether oxygens (including phenoxy) is 1. The van der Waals surface area contributed by atoms with E-state index in [1.165, 1.54) is 9.80 Å². The van der Waals surface area contributed by atoms with Gasteiger partial charge in [0.2, 0.25) is 0 Å². The summed E-state index contributed by atoms with van der Waals surface area (Å²) in [4.78, 5) is 54.7. The zero-order valence-electron chi connectivity index (χ0n) is 19.4. The van der Waals surface area contributed by atoms with Crippen molar-refractivity contribution in [1.82, 2.24) is 9.80 Å². The number of likely N-dealkylation sites (N-methyl/N-ethyl adjacent to an activating group) is 1. The molecule has 1 aromatic rings. The highest BCUT2D eigenvalue weighted by atomic mass is 16.5. The Labute approximate surface area is 193 Å². The molecule has 0 unspecified atom stereocenters. The second-order valence-corrected chi connectivity index (χ2v) is 8.79. The summed E-state index contributed by atoms with van der Waals surface area (Å²) in [5.41, 5.74) is 1.67. The number of aryl methyl sites for hydroxylation is 2. The van der Waals surface area contributed by atoms with Gasteiger partial charge < -0.3 is 14.5 Å². The summed E-state index contributed by atoms with van der Waals surface area (Å²) < 4.78 is 5.14. The number of imide groups is 1. The van der Waals surface area contributed by atoms with Crippen LogP contribution in [0.1, 0.15) is 49.7 Å². The van der Waals surface area contributed by atoms with E-state index in [9.17, 15) is 19.2 Å². The number of carbonyl (C=O) groups excluding carboxylic acids is 4. The van der Waals surface area contributed by atoms with Crippen LogP contribution in [-0.2, 0) is 19.1 Å². The summed E-state index contributed by atoms with van der Waals surface area (Å²) in [7, 11) is 1.59. The van der Waals surface area contributed by atoms with Gasteiger partial charge in [0.25, 0.3) is 11.8 Å². The van der Waals surface area contributed by atoms with Crippen LogP contribution in [0, 0.1) is 25.2 Å². The molecule has 176 valence electrons. The first-order valence-electron chi connectivity index (χ1n) is 11.2. The Kier molecular flexibility index (Phi) is 7.36. The molecule has 0 aromatic heterocycles. The monoisotopic (exact) mass is 454 g/mol. The summed E-state index contributed by atoms with van der Waals surface area (Å²) in [5, 5.41) is 8.96. The van der Waals surface area contributed by atoms with E-state index in [4.69, 9.17) is 10.00 Å². The maximum Gasteiger partial charge on any atom is 0.327 e. The molecular formula is C24H30N4O5. The molecule has 0 radical (unpaired) electrons. The summed E-state index contributed by atoms with van der Waals surface area (Å²) in [6, 6.07) is 7.12. The van der Waals surface area contributed by atoms with Crippen LogP contribution in [0.2, 0.25) is 0 Å². The van der Waals surface area contributed by atoms with E-state index in [-0.39, 0.29) is 18.9 Å². The largest absolute Gasteiger partial charge is 0.454 e. The third-order valence-electron chi connectivity index (χ3n) is 6.39. The van der Waals surface area contributed by atoms with Crippen LogP contribution in [-0.4, -0.2) is 65.9 Å². The van der Waals surface area contributed by atoms with Crippen molar-refractivity contribution in [3.63, 3.8) is 0 Å². The van der Waals surface area contributed by atoms with Crippen molar-refractivity contribution >= 4 is 29.5 Å². The number of benzene rings is 1. The normalized spacial score (nSPS) is 17.3. The third kappa shape index (κ3) is 5.00. The first-order chi connectivity index (χ1) is 15.7. The van der Waals surface area contributed by atoms with E-state index in [0.717, 1.165) is 35.3 Å². The van der Waals surface area contributed by atoms with E-state index in [1.54, 1.807) is 7.05 Å². The Morgan fingerprint density at radius 1 is 1.12 bits per heavy atom. The lowest BCUT2D eigenvalue weighted by atomic mass is 9.81. The average Bonchev–Trinajstić information content (AvgIpc) is 2.94. The lowest BCUT2D eigenvalue weighted by Crippen LogP contribution is -2.49. The number of amides is 4. The van der Waals surface area contributed by atoms with E-state index >= 15 is 0 Å². The number of rotatable bonds is 7. The molecule has 1 aliphatic heterocycles. The van der Waals surface area contributed by atoms with Crippen LogP contribution in [0.4, 0.5) is 10.5 Å². The van der Waals surface area contributed by atoms with E-state index < -0.39 is 36.6 Å². The number of carbonyl (C=O) groups is 4. The highest BCUT2D eigenvalue weighted by Crippen LogP contribution is 2.39. The number of nitrogens with zero attached hydrogens (tertiary/aromatic N) is 4. The fraction of sp³-hybridized carbons (Fsp3) is 0.542. The van der Waals surface area contributed by atoms with E-state index in [2.05, 4.69) is 0 Å². The molecule has 33 heavy (non-hydrogen) atoms. The summed E-state index contributed by atoms with van der Waals surface area (Å²) in [6.07, 6.45) is 4.02. The molecule has 2 aliphatic rings. The van der Waals surface area contributed by atoms with Crippen LogP contribution in [0.5, 0.6) is 0 Å². The van der Waals surface area contributed by atoms with Gasteiger partial charge in [0.15, 0.2) is 6.61 Å². The zero-order chi connectivity index (χ0) is 24.2. The zero-order valence-corrected chi connectivity index (χ0v) is 19.4. The van der Waals surface area contributed by atoms with Crippen LogP contribution < -0.4 is 4.90 Å². The molecule has 4 amide bonds. The van der Waals surface area contributed by atoms with Crippen molar-refractivity contribution in [2.75, 3.05) is 31.6 Å². The molecule has 1 aromatic carbocycles. The Bertz CT molecular complexity index is 973. The third-order valence-corrected chi connectivity index (χ3v) is 6.39. The molecule has 1 spiro atoms. The number of esters is 1. The maximum atomic E-state index is 13.0.